The maximum absolute atomic E-state index is 11.9. The number of benzene rings is 1. The lowest BCUT2D eigenvalue weighted by Crippen LogP contribution is -2.57. The summed E-state index contributed by atoms with van der Waals surface area (Å²) in [6, 6.07) is 3.99. The van der Waals surface area contributed by atoms with Gasteiger partial charge in [-0.05, 0) is 44.0 Å². The summed E-state index contributed by atoms with van der Waals surface area (Å²) in [5.74, 6) is -0.0365. The fourth-order valence-corrected chi connectivity index (χ4v) is 4.24. The first-order valence-electron chi connectivity index (χ1n) is 5.38. The zero-order valence-corrected chi connectivity index (χ0v) is 14.2. The van der Waals surface area contributed by atoms with Crippen molar-refractivity contribution in [2.75, 3.05) is 25.0 Å². The Labute approximate surface area is 131 Å². The van der Waals surface area contributed by atoms with Crippen molar-refractivity contribution in [2.24, 2.45) is 5.73 Å². The van der Waals surface area contributed by atoms with Gasteiger partial charge >= 0.3 is 0 Å². The molecule has 0 spiro atoms. The molecular formula is C11H12Br3N3O. The number of halogens is 3. The van der Waals surface area contributed by atoms with Crippen molar-refractivity contribution in [1.82, 2.24) is 4.90 Å². The Hall–Kier alpha value is 0.0500. The van der Waals surface area contributed by atoms with Crippen LogP contribution in [0.5, 0.6) is 0 Å². The van der Waals surface area contributed by atoms with Gasteiger partial charge in [-0.15, -0.1) is 0 Å². The van der Waals surface area contributed by atoms with Crippen molar-refractivity contribution >= 4 is 59.4 Å². The lowest BCUT2D eigenvalue weighted by Gasteiger charge is -2.36. The topological polar surface area (TPSA) is 58.4 Å². The van der Waals surface area contributed by atoms with Gasteiger partial charge in [-0.2, -0.15) is 0 Å². The molecule has 1 heterocycles. The Morgan fingerprint density at radius 1 is 1.33 bits per heavy atom. The summed E-state index contributed by atoms with van der Waals surface area (Å²) in [4.78, 5) is 13.9. The fourth-order valence-electron chi connectivity index (χ4n) is 1.78. The second kappa shape index (κ2) is 6.00. The third-order valence-electron chi connectivity index (χ3n) is 2.62. The number of hydrogen-bond donors (Lipinski definition) is 2. The molecular weight excluding hydrogens is 430 g/mol. The number of rotatable bonds is 3. The third kappa shape index (κ3) is 3.54. The molecule has 98 valence electrons. The number of nitrogens with zero attached hydrogens (tertiary/aromatic N) is 1. The van der Waals surface area contributed by atoms with Crippen LogP contribution in [0.4, 0.5) is 5.69 Å². The molecule has 7 heteroatoms. The molecule has 1 aliphatic rings. The molecule has 0 aromatic heterocycles. The number of hydrogen-bond acceptors (Lipinski definition) is 3. The predicted molar refractivity (Wildman–Crippen MR) is 82.6 cm³/mol. The molecule has 0 saturated carbocycles. The van der Waals surface area contributed by atoms with Crippen LogP contribution in [-0.2, 0) is 4.79 Å². The van der Waals surface area contributed by atoms with E-state index in [1.54, 1.807) is 0 Å². The van der Waals surface area contributed by atoms with Crippen LogP contribution in [0, 0.1) is 0 Å². The molecule has 1 aromatic carbocycles. The molecule has 1 aliphatic heterocycles. The third-order valence-corrected chi connectivity index (χ3v) is 4.33. The van der Waals surface area contributed by atoms with E-state index in [-0.39, 0.29) is 11.9 Å². The van der Waals surface area contributed by atoms with Gasteiger partial charge in [-0.25, -0.2) is 0 Å². The highest BCUT2D eigenvalue weighted by Gasteiger charge is 2.25. The molecule has 4 nitrogen and oxygen atoms in total. The van der Waals surface area contributed by atoms with Crippen molar-refractivity contribution in [3.8, 4) is 0 Å². The number of nitrogens with one attached hydrogen (secondary N) is 1. The molecule has 0 aliphatic carbocycles. The summed E-state index contributed by atoms with van der Waals surface area (Å²) in [5, 5.41) is 2.88. The Morgan fingerprint density at radius 2 is 1.89 bits per heavy atom. The van der Waals surface area contributed by atoms with Crippen molar-refractivity contribution in [3.63, 3.8) is 0 Å². The summed E-state index contributed by atoms with van der Waals surface area (Å²) < 4.78 is 2.60. The molecule has 18 heavy (non-hydrogen) atoms. The van der Waals surface area contributed by atoms with Gasteiger partial charge in [-0.3, -0.25) is 9.69 Å². The highest BCUT2D eigenvalue weighted by molar-refractivity contribution is 9.11. The molecule has 2 rings (SSSR count). The first-order chi connectivity index (χ1) is 8.45. The molecule has 0 radical (unpaired) electrons. The highest BCUT2D eigenvalue weighted by Crippen LogP contribution is 2.34. The minimum Gasteiger partial charge on any atom is -0.325 e. The van der Waals surface area contributed by atoms with Crippen molar-refractivity contribution < 1.29 is 4.79 Å². The normalized spacial score (nSPS) is 16.4. The first-order valence-corrected chi connectivity index (χ1v) is 7.76. The van der Waals surface area contributed by atoms with Crippen molar-refractivity contribution in [3.05, 3.63) is 25.6 Å². The van der Waals surface area contributed by atoms with Crippen LogP contribution in [0.3, 0.4) is 0 Å². The molecule has 1 amide bonds. The first kappa shape index (κ1) is 14.5. The average molecular weight is 442 g/mol. The number of likely N-dealkylation sites (tertiary alicyclic amines) is 1. The Morgan fingerprint density at radius 3 is 2.39 bits per heavy atom. The van der Waals surface area contributed by atoms with Crippen LogP contribution < -0.4 is 11.1 Å². The van der Waals surface area contributed by atoms with Crippen molar-refractivity contribution in [1.29, 1.82) is 0 Å². The van der Waals surface area contributed by atoms with Gasteiger partial charge in [0, 0.05) is 32.5 Å². The number of carbonyl (C=O) groups excluding carboxylic acids is 1. The molecule has 1 fully saturated rings. The van der Waals surface area contributed by atoms with Gasteiger partial charge < -0.3 is 11.1 Å². The Kier molecular flexibility index (Phi) is 4.82. The largest absolute Gasteiger partial charge is 0.325 e. The van der Waals surface area contributed by atoms with E-state index < -0.39 is 0 Å². The molecule has 1 aromatic rings. The second-order valence-corrected chi connectivity index (χ2v) is 6.87. The standard InChI is InChI=1S/C11H12Br3N3O/c12-6-1-8(13)11(9(14)2-6)16-10(18)5-17-3-7(15)4-17/h1-2,7H,3-5,15H2,(H,16,18). The lowest BCUT2D eigenvalue weighted by molar-refractivity contribution is -0.118. The summed E-state index contributed by atoms with van der Waals surface area (Å²) in [6.07, 6.45) is 0. The summed E-state index contributed by atoms with van der Waals surface area (Å²) in [5.41, 5.74) is 6.41. The highest BCUT2D eigenvalue weighted by atomic mass is 79.9. The average Bonchev–Trinajstić information content (AvgIpc) is 2.21. The van der Waals surface area contributed by atoms with Gasteiger partial charge in [0.15, 0.2) is 0 Å². The summed E-state index contributed by atoms with van der Waals surface area (Å²) >= 11 is 10.2. The minimum absolute atomic E-state index is 0.0365. The number of amides is 1. The van der Waals surface area contributed by atoms with E-state index in [1.165, 1.54) is 0 Å². The van der Waals surface area contributed by atoms with Crippen LogP contribution in [-0.4, -0.2) is 36.5 Å². The van der Waals surface area contributed by atoms with Gasteiger partial charge in [-0.1, -0.05) is 15.9 Å². The maximum Gasteiger partial charge on any atom is 0.238 e. The molecule has 0 unspecified atom stereocenters. The molecule has 0 atom stereocenters. The van der Waals surface area contributed by atoms with E-state index >= 15 is 0 Å². The van der Waals surface area contributed by atoms with Gasteiger partial charge in [0.2, 0.25) is 5.91 Å². The van der Waals surface area contributed by atoms with E-state index in [4.69, 9.17) is 5.73 Å². The zero-order chi connectivity index (χ0) is 13.3. The lowest BCUT2D eigenvalue weighted by atomic mass is 10.1. The minimum atomic E-state index is -0.0365. The molecule has 3 N–H and O–H groups in total. The quantitative estimate of drug-likeness (QED) is 0.758. The smallest absolute Gasteiger partial charge is 0.238 e. The summed E-state index contributed by atoms with van der Waals surface area (Å²) in [6.45, 7) is 1.95. The van der Waals surface area contributed by atoms with E-state index in [0.717, 1.165) is 32.2 Å². The maximum atomic E-state index is 11.9. The van der Waals surface area contributed by atoms with E-state index in [1.807, 2.05) is 17.0 Å². The van der Waals surface area contributed by atoms with Crippen molar-refractivity contribution in [2.45, 2.75) is 6.04 Å². The van der Waals surface area contributed by atoms with Crippen LogP contribution >= 0.6 is 47.8 Å². The Balaban J connectivity index is 1.98. The zero-order valence-electron chi connectivity index (χ0n) is 9.42. The van der Waals surface area contributed by atoms with Crippen LogP contribution in [0.25, 0.3) is 0 Å². The SMILES string of the molecule is NC1CN(CC(=O)Nc2c(Br)cc(Br)cc2Br)C1. The van der Waals surface area contributed by atoms with Crippen LogP contribution in [0.2, 0.25) is 0 Å². The van der Waals surface area contributed by atoms with Crippen LogP contribution in [0.15, 0.2) is 25.6 Å². The van der Waals surface area contributed by atoms with Gasteiger partial charge in [0.25, 0.3) is 0 Å². The van der Waals surface area contributed by atoms with Gasteiger partial charge in [0.1, 0.15) is 0 Å². The van der Waals surface area contributed by atoms with Crippen LogP contribution in [0.1, 0.15) is 0 Å². The van der Waals surface area contributed by atoms with E-state index in [0.29, 0.717) is 6.54 Å². The summed E-state index contributed by atoms with van der Waals surface area (Å²) in [7, 11) is 0. The molecule has 0 bridgehead atoms. The molecule has 1 saturated heterocycles. The number of anilines is 1. The second-order valence-electron chi connectivity index (χ2n) is 4.25. The fraction of sp³-hybridized carbons (Fsp3) is 0.364. The van der Waals surface area contributed by atoms with E-state index in [2.05, 4.69) is 53.1 Å². The van der Waals surface area contributed by atoms with E-state index in [9.17, 15) is 4.79 Å². The number of nitrogens with two attached hydrogens (primary N) is 1. The Bertz CT molecular complexity index is 452. The van der Waals surface area contributed by atoms with Gasteiger partial charge in [0.05, 0.1) is 12.2 Å². The monoisotopic (exact) mass is 439 g/mol. The predicted octanol–water partition coefficient (Wildman–Crippen LogP) is 2.56. The number of carbonyl (C=O) groups is 1.